The summed E-state index contributed by atoms with van der Waals surface area (Å²) < 4.78 is 0. The van der Waals surface area contributed by atoms with Gasteiger partial charge in [-0.15, -0.1) is 6.58 Å². The number of allylic oxidation sites excluding steroid dienone is 1. The zero-order valence-electron chi connectivity index (χ0n) is 10.2. The van der Waals surface area contributed by atoms with Crippen molar-refractivity contribution in [3.05, 3.63) is 12.7 Å². The van der Waals surface area contributed by atoms with Gasteiger partial charge in [-0.2, -0.15) is 0 Å². The number of nitrogens with zero attached hydrogens (tertiary/aromatic N) is 1. The van der Waals surface area contributed by atoms with E-state index in [0.29, 0.717) is 13.0 Å². The number of amides is 2. The van der Waals surface area contributed by atoms with Crippen LogP contribution in [0.25, 0.3) is 0 Å². The fourth-order valence-electron chi connectivity index (χ4n) is 2.17. The van der Waals surface area contributed by atoms with Crippen LogP contribution in [0.5, 0.6) is 0 Å². The van der Waals surface area contributed by atoms with E-state index in [2.05, 4.69) is 13.5 Å². The summed E-state index contributed by atoms with van der Waals surface area (Å²) in [6.45, 7) is 8.38. The highest BCUT2D eigenvalue weighted by molar-refractivity contribution is 5.97. The van der Waals surface area contributed by atoms with Gasteiger partial charge in [0.15, 0.2) is 0 Å². The smallest absolute Gasteiger partial charge is 0.232 e. The maximum atomic E-state index is 12.2. The predicted molar refractivity (Wildman–Crippen MR) is 63.7 cm³/mol. The molecule has 1 rings (SSSR count). The maximum absolute atomic E-state index is 12.2. The Morgan fingerprint density at radius 3 is 2.75 bits per heavy atom. The second kappa shape index (κ2) is 5.83. The first-order valence-corrected chi connectivity index (χ1v) is 6.08. The largest absolute Gasteiger partial charge is 0.282 e. The molecule has 0 radical (unpaired) electrons. The van der Waals surface area contributed by atoms with Gasteiger partial charge in [0, 0.05) is 18.9 Å². The number of carbonyl (C=O) groups excluding carboxylic acids is 2. The van der Waals surface area contributed by atoms with Crippen molar-refractivity contribution in [2.24, 2.45) is 11.8 Å². The van der Waals surface area contributed by atoms with Gasteiger partial charge in [0.1, 0.15) is 0 Å². The van der Waals surface area contributed by atoms with E-state index in [0.717, 1.165) is 19.3 Å². The highest BCUT2D eigenvalue weighted by atomic mass is 16.2. The third-order valence-electron chi connectivity index (χ3n) is 3.26. The van der Waals surface area contributed by atoms with Crippen LogP contribution in [-0.2, 0) is 9.59 Å². The lowest BCUT2D eigenvalue weighted by Gasteiger charge is -2.24. The Labute approximate surface area is 97.5 Å². The van der Waals surface area contributed by atoms with Crippen LogP contribution in [-0.4, -0.2) is 23.3 Å². The summed E-state index contributed by atoms with van der Waals surface area (Å²) in [5.41, 5.74) is 0. The van der Waals surface area contributed by atoms with Crippen molar-refractivity contribution in [1.82, 2.24) is 4.90 Å². The molecule has 0 N–H and O–H groups in total. The number of rotatable bonds is 5. The van der Waals surface area contributed by atoms with Crippen LogP contribution in [0.4, 0.5) is 0 Å². The van der Waals surface area contributed by atoms with Crippen molar-refractivity contribution in [3.8, 4) is 0 Å². The molecular weight excluding hydrogens is 202 g/mol. The molecule has 0 bridgehead atoms. The van der Waals surface area contributed by atoms with Crippen molar-refractivity contribution < 1.29 is 9.59 Å². The van der Waals surface area contributed by atoms with E-state index >= 15 is 0 Å². The molecule has 1 fully saturated rings. The van der Waals surface area contributed by atoms with Crippen LogP contribution >= 0.6 is 0 Å². The Hall–Kier alpha value is -1.12. The molecule has 3 heteroatoms. The first-order chi connectivity index (χ1) is 7.61. The zero-order valence-corrected chi connectivity index (χ0v) is 10.2. The molecule has 1 aliphatic rings. The van der Waals surface area contributed by atoms with Crippen molar-refractivity contribution in [1.29, 1.82) is 0 Å². The van der Waals surface area contributed by atoms with Crippen LogP contribution in [0.2, 0.25) is 0 Å². The zero-order chi connectivity index (χ0) is 12.1. The lowest BCUT2D eigenvalue weighted by molar-refractivity contribution is -0.145. The van der Waals surface area contributed by atoms with E-state index in [-0.39, 0.29) is 23.7 Å². The van der Waals surface area contributed by atoms with Gasteiger partial charge in [-0.25, -0.2) is 0 Å². The summed E-state index contributed by atoms with van der Waals surface area (Å²) >= 11 is 0. The van der Waals surface area contributed by atoms with Gasteiger partial charge in [0.25, 0.3) is 0 Å². The lowest BCUT2D eigenvalue weighted by atomic mass is 9.89. The summed E-state index contributed by atoms with van der Waals surface area (Å²) in [6.07, 6.45) is 4.92. The first-order valence-electron chi connectivity index (χ1n) is 6.08. The Morgan fingerprint density at radius 2 is 2.31 bits per heavy atom. The SMILES string of the molecule is C=CC(C)C(CCC)C(=O)N1CCCC1=O. The van der Waals surface area contributed by atoms with E-state index in [1.54, 1.807) is 6.08 Å². The predicted octanol–water partition coefficient (Wildman–Crippen LogP) is 2.37. The summed E-state index contributed by atoms with van der Waals surface area (Å²) in [4.78, 5) is 25.1. The van der Waals surface area contributed by atoms with E-state index < -0.39 is 0 Å². The van der Waals surface area contributed by atoms with E-state index in [4.69, 9.17) is 0 Å². The molecule has 1 saturated heterocycles. The molecule has 0 aromatic heterocycles. The minimum atomic E-state index is -0.0791. The van der Waals surface area contributed by atoms with E-state index in [1.165, 1.54) is 4.90 Å². The molecule has 0 spiro atoms. The Bertz CT molecular complexity index is 286. The van der Waals surface area contributed by atoms with E-state index in [9.17, 15) is 9.59 Å². The Kier molecular flexibility index (Phi) is 4.71. The van der Waals surface area contributed by atoms with Gasteiger partial charge < -0.3 is 0 Å². The van der Waals surface area contributed by atoms with Crippen molar-refractivity contribution in [3.63, 3.8) is 0 Å². The normalized spacial score (nSPS) is 19.6. The van der Waals surface area contributed by atoms with Crippen LogP contribution in [0.3, 0.4) is 0 Å². The third-order valence-corrected chi connectivity index (χ3v) is 3.26. The molecular formula is C13H21NO2. The summed E-state index contributed by atoms with van der Waals surface area (Å²) in [5.74, 6) is 0.0458. The minimum Gasteiger partial charge on any atom is -0.282 e. The highest BCUT2D eigenvalue weighted by Crippen LogP contribution is 2.23. The number of hydrogen-bond donors (Lipinski definition) is 0. The molecule has 16 heavy (non-hydrogen) atoms. The first kappa shape index (κ1) is 12.9. The Balaban J connectivity index is 2.73. The molecule has 0 aromatic carbocycles. The second-order valence-corrected chi connectivity index (χ2v) is 4.48. The van der Waals surface area contributed by atoms with Gasteiger partial charge in [-0.3, -0.25) is 14.5 Å². The number of imide groups is 1. The van der Waals surface area contributed by atoms with E-state index in [1.807, 2.05) is 6.92 Å². The summed E-state index contributed by atoms with van der Waals surface area (Å²) in [7, 11) is 0. The van der Waals surface area contributed by atoms with Crippen LogP contribution in [0.1, 0.15) is 39.5 Å². The van der Waals surface area contributed by atoms with Gasteiger partial charge in [-0.05, 0) is 18.8 Å². The highest BCUT2D eigenvalue weighted by Gasteiger charge is 2.33. The minimum absolute atomic E-state index is 0.00301. The van der Waals surface area contributed by atoms with Crippen molar-refractivity contribution >= 4 is 11.8 Å². The van der Waals surface area contributed by atoms with Crippen molar-refractivity contribution in [2.75, 3.05) is 6.54 Å². The molecule has 2 unspecified atom stereocenters. The molecule has 3 nitrogen and oxygen atoms in total. The molecule has 1 aliphatic heterocycles. The monoisotopic (exact) mass is 223 g/mol. The average Bonchev–Trinajstić information content (AvgIpc) is 2.70. The van der Waals surface area contributed by atoms with Crippen LogP contribution in [0.15, 0.2) is 12.7 Å². The fraction of sp³-hybridized carbons (Fsp3) is 0.692. The van der Waals surface area contributed by atoms with Gasteiger partial charge in [0.2, 0.25) is 11.8 Å². The molecule has 1 heterocycles. The second-order valence-electron chi connectivity index (χ2n) is 4.48. The topological polar surface area (TPSA) is 37.4 Å². The van der Waals surface area contributed by atoms with Gasteiger partial charge in [-0.1, -0.05) is 26.3 Å². The summed E-state index contributed by atoms with van der Waals surface area (Å²) in [5, 5.41) is 0. The summed E-state index contributed by atoms with van der Waals surface area (Å²) in [6, 6.07) is 0. The molecule has 2 atom stereocenters. The van der Waals surface area contributed by atoms with Crippen molar-refractivity contribution in [2.45, 2.75) is 39.5 Å². The lowest BCUT2D eigenvalue weighted by Crippen LogP contribution is -2.39. The maximum Gasteiger partial charge on any atom is 0.232 e. The van der Waals surface area contributed by atoms with Gasteiger partial charge in [0.05, 0.1) is 0 Å². The van der Waals surface area contributed by atoms with Crippen LogP contribution in [0, 0.1) is 11.8 Å². The molecule has 2 amide bonds. The van der Waals surface area contributed by atoms with Crippen LogP contribution < -0.4 is 0 Å². The number of hydrogen-bond acceptors (Lipinski definition) is 2. The quantitative estimate of drug-likeness (QED) is 0.671. The van der Waals surface area contributed by atoms with Gasteiger partial charge >= 0.3 is 0 Å². The third kappa shape index (κ3) is 2.71. The number of likely N-dealkylation sites (tertiary alicyclic amines) is 1. The Morgan fingerprint density at radius 1 is 1.62 bits per heavy atom. The fourth-order valence-corrected chi connectivity index (χ4v) is 2.17. The molecule has 0 aliphatic carbocycles. The average molecular weight is 223 g/mol. The number of carbonyl (C=O) groups is 2. The molecule has 0 saturated carbocycles. The molecule has 90 valence electrons. The standard InChI is InChI=1S/C13H21NO2/c1-4-7-11(10(3)5-2)13(16)14-9-6-8-12(14)15/h5,10-11H,2,4,6-9H2,1,3H3. The molecule has 0 aromatic rings.